The Hall–Kier alpha value is -1.42. The van der Waals surface area contributed by atoms with Crippen molar-refractivity contribution in [3.05, 3.63) is 47.3 Å². The molecule has 84 valence electrons. The van der Waals surface area contributed by atoms with Crippen LogP contribution in [0.1, 0.15) is 11.3 Å². The van der Waals surface area contributed by atoms with Gasteiger partial charge in [-0.05, 0) is 24.6 Å². The minimum absolute atomic E-state index is 0.0828. The first-order valence-electron chi connectivity index (χ1n) is 4.68. The second-order valence-electron chi connectivity index (χ2n) is 3.44. The largest absolute Gasteiger partial charge is 0.238 e. The summed E-state index contributed by atoms with van der Waals surface area (Å²) in [5.74, 6) is -0.731. The Morgan fingerprint density at radius 1 is 1.31 bits per heavy atom. The van der Waals surface area contributed by atoms with E-state index < -0.39 is 11.6 Å². The van der Waals surface area contributed by atoms with Crippen molar-refractivity contribution >= 4 is 11.6 Å². The van der Waals surface area contributed by atoms with E-state index in [0.29, 0.717) is 5.69 Å². The molecule has 16 heavy (non-hydrogen) atoms. The van der Waals surface area contributed by atoms with Crippen LogP contribution in [0.25, 0.3) is 5.69 Å². The molecule has 0 atom stereocenters. The smallest absolute Gasteiger partial charge is 0.149 e. The van der Waals surface area contributed by atoms with Crippen molar-refractivity contribution < 1.29 is 8.78 Å². The van der Waals surface area contributed by atoms with Gasteiger partial charge in [-0.15, -0.1) is 11.6 Å². The first kappa shape index (κ1) is 11.1. The van der Waals surface area contributed by atoms with Gasteiger partial charge in [0.25, 0.3) is 0 Å². The van der Waals surface area contributed by atoms with Crippen LogP contribution in [0.2, 0.25) is 0 Å². The predicted octanol–water partition coefficient (Wildman–Crippen LogP) is 3.20. The van der Waals surface area contributed by atoms with E-state index in [9.17, 15) is 8.78 Å². The Kier molecular flexibility index (Phi) is 2.92. The van der Waals surface area contributed by atoms with Crippen LogP contribution in [-0.4, -0.2) is 9.78 Å². The fourth-order valence-corrected chi connectivity index (χ4v) is 1.52. The van der Waals surface area contributed by atoms with Crippen LogP contribution in [0.4, 0.5) is 8.78 Å². The first-order valence-corrected chi connectivity index (χ1v) is 5.22. The van der Waals surface area contributed by atoms with Gasteiger partial charge in [-0.2, -0.15) is 5.10 Å². The molecule has 1 aromatic carbocycles. The highest BCUT2D eigenvalue weighted by Gasteiger charge is 2.10. The third-order valence-electron chi connectivity index (χ3n) is 2.26. The summed E-state index contributed by atoms with van der Waals surface area (Å²) in [7, 11) is 0. The van der Waals surface area contributed by atoms with Crippen molar-refractivity contribution in [2.24, 2.45) is 0 Å². The van der Waals surface area contributed by atoms with Crippen molar-refractivity contribution in [1.82, 2.24) is 9.78 Å². The molecule has 0 radical (unpaired) electrons. The zero-order valence-corrected chi connectivity index (χ0v) is 9.30. The lowest BCUT2D eigenvalue weighted by Crippen LogP contribution is -2.01. The minimum Gasteiger partial charge on any atom is -0.238 e. The number of aromatic nitrogens is 2. The van der Waals surface area contributed by atoms with Crippen molar-refractivity contribution in [3.8, 4) is 5.69 Å². The minimum atomic E-state index is -0.511. The number of benzene rings is 1. The molecular formula is C11H9ClF2N2. The third-order valence-corrected chi connectivity index (χ3v) is 2.53. The van der Waals surface area contributed by atoms with Gasteiger partial charge in [0.2, 0.25) is 0 Å². The van der Waals surface area contributed by atoms with Gasteiger partial charge in [0.15, 0.2) is 0 Å². The Morgan fingerprint density at radius 2 is 2.06 bits per heavy atom. The van der Waals surface area contributed by atoms with E-state index >= 15 is 0 Å². The zero-order valence-electron chi connectivity index (χ0n) is 8.54. The number of aryl methyl sites for hydroxylation is 1. The summed E-state index contributed by atoms with van der Waals surface area (Å²) in [5, 5.41) is 4.01. The van der Waals surface area contributed by atoms with Crippen molar-refractivity contribution in [2.45, 2.75) is 12.8 Å². The van der Waals surface area contributed by atoms with Crippen LogP contribution in [-0.2, 0) is 5.88 Å². The van der Waals surface area contributed by atoms with Crippen LogP contribution >= 0.6 is 11.6 Å². The topological polar surface area (TPSA) is 17.8 Å². The maximum absolute atomic E-state index is 13.6. The molecule has 0 bridgehead atoms. The molecule has 0 fully saturated rings. The SMILES string of the molecule is Cc1cc(F)c(-n2ccc(CCl)n2)cc1F. The standard InChI is InChI=1S/C11H9ClF2N2/c1-7-4-10(14)11(5-9(7)13)16-3-2-8(6-12)15-16/h2-5H,6H2,1H3. The lowest BCUT2D eigenvalue weighted by Gasteiger charge is -2.05. The van der Waals surface area contributed by atoms with Gasteiger partial charge in [-0.25, -0.2) is 13.5 Å². The maximum Gasteiger partial charge on any atom is 0.149 e. The average molecular weight is 243 g/mol. The fourth-order valence-electron chi connectivity index (χ4n) is 1.38. The van der Waals surface area contributed by atoms with Crippen LogP contribution in [0.3, 0.4) is 0 Å². The summed E-state index contributed by atoms with van der Waals surface area (Å²) in [5.41, 5.74) is 0.965. The predicted molar refractivity (Wildman–Crippen MR) is 57.8 cm³/mol. The summed E-state index contributed by atoms with van der Waals surface area (Å²) in [6.45, 7) is 1.51. The van der Waals surface area contributed by atoms with Crippen molar-refractivity contribution in [2.75, 3.05) is 0 Å². The number of halogens is 3. The summed E-state index contributed by atoms with van der Waals surface area (Å²) in [4.78, 5) is 0. The van der Waals surface area contributed by atoms with Gasteiger partial charge in [0, 0.05) is 12.3 Å². The Labute approximate surface area is 96.5 Å². The summed E-state index contributed by atoms with van der Waals surface area (Å²) in [6.07, 6.45) is 1.55. The Balaban J connectivity index is 2.51. The van der Waals surface area contributed by atoms with E-state index in [1.54, 1.807) is 12.3 Å². The molecule has 0 aliphatic rings. The summed E-state index contributed by atoms with van der Waals surface area (Å²) in [6, 6.07) is 3.92. The zero-order chi connectivity index (χ0) is 11.7. The van der Waals surface area contributed by atoms with Gasteiger partial charge >= 0.3 is 0 Å². The number of alkyl halides is 1. The highest BCUT2D eigenvalue weighted by atomic mass is 35.5. The quantitative estimate of drug-likeness (QED) is 0.740. The molecular weight excluding hydrogens is 234 g/mol. The van der Waals surface area contributed by atoms with Crippen LogP contribution in [0.15, 0.2) is 24.4 Å². The van der Waals surface area contributed by atoms with E-state index in [0.717, 1.165) is 12.1 Å². The lowest BCUT2D eigenvalue weighted by molar-refractivity contribution is 0.580. The second kappa shape index (κ2) is 4.22. The molecule has 0 aliphatic carbocycles. The maximum atomic E-state index is 13.6. The molecule has 2 nitrogen and oxygen atoms in total. The lowest BCUT2D eigenvalue weighted by atomic mass is 10.2. The molecule has 0 saturated carbocycles. The van der Waals surface area contributed by atoms with Gasteiger partial charge < -0.3 is 0 Å². The van der Waals surface area contributed by atoms with E-state index in [-0.39, 0.29) is 17.1 Å². The molecule has 1 heterocycles. The highest BCUT2D eigenvalue weighted by Crippen LogP contribution is 2.18. The van der Waals surface area contributed by atoms with Gasteiger partial charge in [0.1, 0.15) is 17.3 Å². The monoisotopic (exact) mass is 242 g/mol. The van der Waals surface area contributed by atoms with Crippen LogP contribution in [0.5, 0.6) is 0 Å². The average Bonchev–Trinajstić information content (AvgIpc) is 2.71. The van der Waals surface area contributed by atoms with Crippen molar-refractivity contribution in [3.63, 3.8) is 0 Å². The molecule has 0 unspecified atom stereocenters. The summed E-state index contributed by atoms with van der Waals surface area (Å²) < 4.78 is 28.1. The van der Waals surface area contributed by atoms with E-state index in [1.165, 1.54) is 11.6 Å². The fraction of sp³-hybridized carbons (Fsp3) is 0.182. The van der Waals surface area contributed by atoms with Gasteiger partial charge in [-0.1, -0.05) is 0 Å². The molecule has 0 amide bonds. The van der Waals surface area contributed by atoms with Crippen LogP contribution in [0, 0.1) is 18.6 Å². The molecule has 0 aliphatic heterocycles. The molecule has 2 rings (SSSR count). The number of hydrogen-bond acceptors (Lipinski definition) is 1. The third kappa shape index (κ3) is 1.93. The van der Waals surface area contributed by atoms with Crippen LogP contribution < -0.4 is 0 Å². The Morgan fingerprint density at radius 3 is 2.69 bits per heavy atom. The van der Waals surface area contributed by atoms with E-state index in [4.69, 9.17) is 11.6 Å². The van der Waals surface area contributed by atoms with Crippen molar-refractivity contribution in [1.29, 1.82) is 0 Å². The molecule has 2 aromatic rings. The normalized spacial score (nSPS) is 10.8. The first-order chi connectivity index (χ1) is 7.61. The second-order valence-corrected chi connectivity index (χ2v) is 3.71. The summed E-state index contributed by atoms with van der Waals surface area (Å²) >= 11 is 5.58. The number of rotatable bonds is 2. The number of nitrogens with zero attached hydrogens (tertiary/aromatic N) is 2. The highest BCUT2D eigenvalue weighted by molar-refractivity contribution is 6.16. The molecule has 0 saturated heterocycles. The molecule has 1 aromatic heterocycles. The molecule has 0 spiro atoms. The molecule has 5 heteroatoms. The van der Waals surface area contributed by atoms with E-state index in [1.807, 2.05) is 0 Å². The van der Waals surface area contributed by atoms with Gasteiger partial charge in [0.05, 0.1) is 11.6 Å². The van der Waals surface area contributed by atoms with E-state index in [2.05, 4.69) is 5.10 Å². The number of hydrogen-bond donors (Lipinski definition) is 0. The Bertz CT molecular complexity index is 523. The van der Waals surface area contributed by atoms with Gasteiger partial charge in [-0.3, -0.25) is 0 Å². The molecule has 0 N–H and O–H groups in total.